The molecular weight excluding hydrogens is 266 g/mol. The van der Waals surface area contributed by atoms with Crippen LogP contribution in [0.1, 0.15) is 37.7 Å². The molecule has 0 amide bonds. The van der Waals surface area contributed by atoms with Gasteiger partial charge in [-0.2, -0.15) is 0 Å². The second kappa shape index (κ2) is 6.24. The first kappa shape index (κ1) is 14.7. The summed E-state index contributed by atoms with van der Waals surface area (Å²) in [7, 11) is 1.68. The van der Waals surface area contributed by atoms with Gasteiger partial charge in [0, 0.05) is 18.9 Å². The minimum atomic E-state index is 0.107. The van der Waals surface area contributed by atoms with Gasteiger partial charge in [-0.15, -0.1) is 0 Å². The molecule has 1 atom stereocenters. The van der Waals surface area contributed by atoms with Gasteiger partial charge in [0.15, 0.2) is 0 Å². The zero-order valence-corrected chi connectivity index (χ0v) is 12.8. The summed E-state index contributed by atoms with van der Waals surface area (Å²) in [5, 5.41) is 0. The van der Waals surface area contributed by atoms with Crippen LogP contribution in [-0.2, 0) is 11.2 Å². The number of hydrogen-bond donors (Lipinski definition) is 1. The van der Waals surface area contributed by atoms with Crippen LogP contribution in [0.15, 0.2) is 18.2 Å². The summed E-state index contributed by atoms with van der Waals surface area (Å²) in [6.07, 6.45) is 6.68. The Morgan fingerprint density at radius 3 is 2.90 bits per heavy atom. The largest absolute Gasteiger partial charge is 0.497 e. The Morgan fingerprint density at radius 1 is 1.38 bits per heavy atom. The number of nitrogens with two attached hydrogens (primary N) is 1. The quantitative estimate of drug-likeness (QED) is 0.906. The third-order valence-corrected chi connectivity index (χ3v) is 4.69. The topological polar surface area (TPSA) is 53.7 Å². The highest BCUT2D eigenvalue weighted by atomic mass is 16.5. The first-order valence-corrected chi connectivity index (χ1v) is 7.92. The first-order chi connectivity index (χ1) is 10.2. The van der Waals surface area contributed by atoms with Crippen molar-refractivity contribution >= 4 is 0 Å². The minimum absolute atomic E-state index is 0.107. The smallest absolute Gasteiger partial charge is 0.126 e. The lowest BCUT2D eigenvalue weighted by atomic mass is 9.74. The van der Waals surface area contributed by atoms with E-state index < -0.39 is 0 Å². The van der Waals surface area contributed by atoms with E-state index in [1.54, 1.807) is 7.11 Å². The van der Waals surface area contributed by atoms with Crippen LogP contribution in [0.2, 0.25) is 0 Å². The summed E-state index contributed by atoms with van der Waals surface area (Å²) in [6, 6.07) is 6.00. The Bertz CT molecular complexity index is 485. The van der Waals surface area contributed by atoms with E-state index >= 15 is 0 Å². The lowest BCUT2D eigenvalue weighted by molar-refractivity contribution is -0.153. The van der Waals surface area contributed by atoms with Gasteiger partial charge in [-0.1, -0.05) is 6.07 Å². The van der Waals surface area contributed by atoms with E-state index in [0.717, 1.165) is 42.9 Å². The number of rotatable bonds is 5. The first-order valence-electron chi connectivity index (χ1n) is 7.92. The monoisotopic (exact) mass is 291 g/mol. The molecule has 116 valence electrons. The molecule has 21 heavy (non-hydrogen) atoms. The number of methoxy groups -OCH3 is 1. The normalized spacial score (nSPS) is 23.6. The van der Waals surface area contributed by atoms with Crippen LogP contribution in [0.3, 0.4) is 0 Å². The third kappa shape index (κ3) is 3.16. The maximum atomic E-state index is 6.30. The number of hydrogen-bond acceptors (Lipinski definition) is 4. The molecule has 2 aliphatic rings. The molecule has 1 heterocycles. The molecule has 2 fully saturated rings. The zero-order valence-electron chi connectivity index (χ0n) is 12.8. The second-order valence-corrected chi connectivity index (χ2v) is 6.13. The average Bonchev–Trinajstić information content (AvgIpc) is 2.48. The van der Waals surface area contributed by atoms with Gasteiger partial charge >= 0.3 is 0 Å². The molecule has 2 N–H and O–H groups in total. The predicted molar refractivity (Wildman–Crippen MR) is 81.9 cm³/mol. The standard InChI is InChI=1S/C17H25NO3/c1-19-14-4-3-13(5-9-18)16(11-14)21-15-6-10-20-17(12-15)7-2-8-17/h3-4,11,15H,2,5-10,12,18H2,1H3. The maximum Gasteiger partial charge on any atom is 0.126 e. The Hall–Kier alpha value is -1.26. The van der Waals surface area contributed by atoms with E-state index in [4.69, 9.17) is 19.9 Å². The van der Waals surface area contributed by atoms with Crippen molar-refractivity contribution in [1.82, 2.24) is 0 Å². The molecule has 4 heteroatoms. The average molecular weight is 291 g/mol. The molecule has 4 nitrogen and oxygen atoms in total. The molecule has 1 aliphatic carbocycles. The third-order valence-electron chi connectivity index (χ3n) is 4.69. The molecular formula is C17H25NO3. The van der Waals surface area contributed by atoms with Crippen LogP contribution in [0.4, 0.5) is 0 Å². The van der Waals surface area contributed by atoms with Gasteiger partial charge < -0.3 is 19.9 Å². The number of benzene rings is 1. The van der Waals surface area contributed by atoms with Crippen molar-refractivity contribution in [3.63, 3.8) is 0 Å². The molecule has 1 unspecified atom stereocenters. The fraction of sp³-hybridized carbons (Fsp3) is 0.647. The highest BCUT2D eigenvalue weighted by Crippen LogP contribution is 2.43. The van der Waals surface area contributed by atoms with Gasteiger partial charge in [-0.05, 0) is 43.9 Å². The van der Waals surface area contributed by atoms with Gasteiger partial charge in [0.2, 0.25) is 0 Å². The van der Waals surface area contributed by atoms with Crippen molar-refractivity contribution in [3.8, 4) is 11.5 Å². The molecule has 3 rings (SSSR count). The van der Waals surface area contributed by atoms with Crippen LogP contribution in [0.5, 0.6) is 11.5 Å². The molecule has 0 aromatic heterocycles. The van der Waals surface area contributed by atoms with Crippen LogP contribution in [0, 0.1) is 0 Å². The van der Waals surface area contributed by atoms with Crippen molar-refractivity contribution < 1.29 is 14.2 Å². The van der Waals surface area contributed by atoms with Crippen LogP contribution in [0.25, 0.3) is 0 Å². The summed E-state index contributed by atoms with van der Waals surface area (Å²) < 4.78 is 17.6. The fourth-order valence-corrected chi connectivity index (χ4v) is 3.32. The van der Waals surface area contributed by atoms with Gasteiger partial charge in [0.05, 0.1) is 19.3 Å². The van der Waals surface area contributed by atoms with Gasteiger partial charge in [0.1, 0.15) is 17.6 Å². The van der Waals surface area contributed by atoms with E-state index in [2.05, 4.69) is 6.07 Å². The summed E-state index contributed by atoms with van der Waals surface area (Å²) in [5.74, 6) is 1.75. The summed E-state index contributed by atoms with van der Waals surface area (Å²) in [6.45, 7) is 1.43. The highest BCUT2D eigenvalue weighted by molar-refractivity contribution is 5.41. The summed E-state index contributed by atoms with van der Waals surface area (Å²) >= 11 is 0. The predicted octanol–water partition coefficient (Wildman–Crippen LogP) is 2.68. The Labute approximate surface area is 126 Å². The zero-order chi connectivity index (χ0) is 14.7. The van der Waals surface area contributed by atoms with E-state index in [1.165, 1.54) is 19.3 Å². The molecule has 1 saturated heterocycles. The minimum Gasteiger partial charge on any atom is -0.497 e. The Morgan fingerprint density at radius 2 is 2.24 bits per heavy atom. The van der Waals surface area contributed by atoms with Crippen LogP contribution in [-0.4, -0.2) is 32.0 Å². The lowest BCUT2D eigenvalue weighted by Gasteiger charge is -2.47. The molecule has 0 bridgehead atoms. The second-order valence-electron chi connectivity index (χ2n) is 6.13. The van der Waals surface area contributed by atoms with Crippen molar-refractivity contribution in [2.45, 2.75) is 50.2 Å². The molecule has 0 radical (unpaired) electrons. The Kier molecular flexibility index (Phi) is 4.36. The van der Waals surface area contributed by atoms with Crippen molar-refractivity contribution in [2.75, 3.05) is 20.3 Å². The van der Waals surface area contributed by atoms with Crippen LogP contribution >= 0.6 is 0 Å². The summed E-state index contributed by atoms with van der Waals surface area (Å²) in [5.41, 5.74) is 6.97. The van der Waals surface area contributed by atoms with E-state index in [0.29, 0.717) is 6.54 Å². The van der Waals surface area contributed by atoms with E-state index in [9.17, 15) is 0 Å². The molecule has 1 aromatic carbocycles. The number of ether oxygens (including phenoxy) is 3. The highest BCUT2D eigenvalue weighted by Gasteiger charge is 2.43. The maximum absolute atomic E-state index is 6.30. The molecule has 1 aliphatic heterocycles. The lowest BCUT2D eigenvalue weighted by Crippen LogP contribution is -2.48. The van der Waals surface area contributed by atoms with Gasteiger partial charge in [-0.3, -0.25) is 0 Å². The Balaban J connectivity index is 1.73. The van der Waals surface area contributed by atoms with Crippen molar-refractivity contribution in [3.05, 3.63) is 23.8 Å². The van der Waals surface area contributed by atoms with Crippen molar-refractivity contribution in [1.29, 1.82) is 0 Å². The van der Waals surface area contributed by atoms with Crippen LogP contribution < -0.4 is 15.2 Å². The molecule has 1 spiro atoms. The summed E-state index contributed by atoms with van der Waals surface area (Å²) in [4.78, 5) is 0. The fourth-order valence-electron chi connectivity index (χ4n) is 3.32. The van der Waals surface area contributed by atoms with Gasteiger partial charge in [0.25, 0.3) is 0 Å². The SMILES string of the molecule is COc1ccc(CCN)c(OC2CCOC3(CCC3)C2)c1. The van der Waals surface area contributed by atoms with E-state index in [-0.39, 0.29) is 11.7 Å². The molecule has 1 aromatic rings. The molecule has 1 saturated carbocycles. The van der Waals surface area contributed by atoms with Gasteiger partial charge in [-0.25, -0.2) is 0 Å². The van der Waals surface area contributed by atoms with E-state index in [1.807, 2.05) is 12.1 Å². The van der Waals surface area contributed by atoms with Crippen molar-refractivity contribution in [2.24, 2.45) is 5.73 Å².